The number of hydrogen-bond acceptors (Lipinski definition) is 5. The molecule has 0 amide bonds. The first kappa shape index (κ1) is 17.2. The molecule has 0 radical (unpaired) electrons. The summed E-state index contributed by atoms with van der Waals surface area (Å²) in [4.78, 5) is 19.9. The summed E-state index contributed by atoms with van der Waals surface area (Å²) in [6.07, 6.45) is 0. The van der Waals surface area contributed by atoms with Crippen molar-refractivity contribution in [2.45, 2.75) is 13.7 Å². The molecule has 0 unspecified atom stereocenters. The van der Waals surface area contributed by atoms with E-state index in [0.29, 0.717) is 16.1 Å². The number of para-hydroxylation sites is 2. The summed E-state index contributed by atoms with van der Waals surface area (Å²) in [6, 6.07) is 13.3. The van der Waals surface area contributed by atoms with E-state index < -0.39 is 8.72 Å². The lowest BCUT2D eigenvalue weighted by Gasteiger charge is -2.15. The van der Waals surface area contributed by atoms with Crippen molar-refractivity contribution in [3.8, 4) is 0 Å². The van der Waals surface area contributed by atoms with Gasteiger partial charge in [0.15, 0.2) is 0 Å². The van der Waals surface area contributed by atoms with Crippen LogP contribution in [0.4, 0.5) is 5.69 Å². The van der Waals surface area contributed by atoms with E-state index in [1.54, 1.807) is 18.2 Å². The number of rotatable bonds is 3. The minimum Gasteiger partial charge on any atom is -0.258 e. The molecule has 0 aliphatic heterocycles. The minimum absolute atomic E-state index is 0.00514. The van der Waals surface area contributed by atoms with Gasteiger partial charge in [-0.25, -0.2) is 9.97 Å². The Morgan fingerprint density at radius 2 is 1.54 bits per heavy atom. The van der Waals surface area contributed by atoms with Crippen LogP contribution in [0.15, 0.2) is 58.5 Å². The van der Waals surface area contributed by atoms with Gasteiger partial charge in [0.2, 0.25) is 3.79 Å². The van der Waals surface area contributed by atoms with Crippen LogP contribution in [-0.2, 0) is 3.79 Å². The highest BCUT2D eigenvalue weighted by Crippen LogP contribution is 2.43. The van der Waals surface area contributed by atoms with Gasteiger partial charge in [0.05, 0.1) is 16.0 Å². The van der Waals surface area contributed by atoms with E-state index in [9.17, 15) is 10.1 Å². The maximum Gasteiger partial charge on any atom is 0.269 e. The molecule has 3 aromatic rings. The molecule has 2 aromatic carbocycles. The van der Waals surface area contributed by atoms with Crippen LogP contribution in [0, 0.1) is 10.1 Å². The van der Waals surface area contributed by atoms with Crippen molar-refractivity contribution >= 4 is 63.3 Å². The van der Waals surface area contributed by atoms with Gasteiger partial charge < -0.3 is 0 Å². The Morgan fingerprint density at radius 3 is 2.08 bits per heavy atom. The van der Waals surface area contributed by atoms with Crippen molar-refractivity contribution in [1.29, 1.82) is 0 Å². The Hall–Kier alpha value is -1.60. The fraction of sp³-hybridized carbons (Fsp3) is 0.0667. The van der Waals surface area contributed by atoms with Crippen molar-refractivity contribution in [3.63, 3.8) is 0 Å². The topological polar surface area (TPSA) is 68.9 Å². The molecule has 0 spiro atoms. The van der Waals surface area contributed by atoms with Gasteiger partial charge in [-0.15, -0.1) is 0 Å². The molecule has 9 heteroatoms. The predicted molar refractivity (Wildman–Crippen MR) is 96.0 cm³/mol. The van der Waals surface area contributed by atoms with Crippen molar-refractivity contribution < 1.29 is 4.92 Å². The van der Waals surface area contributed by atoms with Gasteiger partial charge >= 0.3 is 0 Å². The van der Waals surface area contributed by atoms with Crippen molar-refractivity contribution in [3.05, 3.63) is 64.3 Å². The van der Waals surface area contributed by atoms with E-state index in [2.05, 4.69) is 9.97 Å². The minimum atomic E-state index is -1.74. The number of alkyl halides is 3. The number of nitrogens with zero attached hydrogens (tertiary/aromatic N) is 3. The quantitative estimate of drug-likeness (QED) is 0.329. The SMILES string of the molecule is O=[N+]([O-])c1ccc(Sc2nc3ccccc3nc2C(Cl)(Cl)Cl)cc1. The van der Waals surface area contributed by atoms with E-state index in [4.69, 9.17) is 34.8 Å². The Bertz CT molecular complexity index is 914. The number of aromatic nitrogens is 2. The average Bonchev–Trinajstić information content (AvgIpc) is 2.54. The van der Waals surface area contributed by atoms with Crippen LogP contribution in [0.2, 0.25) is 0 Å². The molecule has 3 rings (SSSR count). The standard InChI is InChI=1S/C15H8Cl3N3O2S/c16-15(17,18)13-14(20-12-4-2-1-3-11(12)19-13)24-10-7-5-9(6-8-10)21(22)23/h1-8H. The highest BCUT2D eigenvalue weighted by atomic mass is 35.6. The van der Waals surface area contributed by atoms with Crippen molar-refractivity contribution in [2.24, 2.45) is 0 Å². The van der Waals surface area contributed by atoms with Gasteiger partial charge in [-0.3, -0.25) is 10.1 Å². The smallest absolute Gasteiger partial charge is 0.258 e. The maximum atomic E-state index is 10.7. The first-order valence-electron chi connectivity index (χ1n) is 6.61. The lowest BCUT2D eigenvalue weighted by atomic mass is 10.3. The van der Waals surface area contributed by atoms with Crippen LogP contribution in [0.5, 0.6) is 0 Å². The van der Waals surface area contributed by atoms with Gasteiger partial charge in [0.1, 0.15) is 10.7 Å². The Kier molecular flexibility index (Phi) is 4.83. The average molecular weight is 401 g/mol. The zero-order valence-electron chi connectivity index (χ0n) is 11.8. The van der Waals surface area contributed by atoms with Crippen LogP contribution in [0.25, 0.3) is 11.0 Å². The second-order valence-electron chi connectivity index (χ2n) is 4.72. The van der Waals surface area contributed by atoms with E-state index in [1.807, 2.05) is 18.2 Å². The first-order chi connectivity index (χ1) is 11.3. The number of nitro groups is 1. The van der Waals surface area contributed by atoms with E-state index in [-0.39, 0.29) is 11.4 Å². The Labute approximate surface area is 156 Å². The van der Waals surface area contributed by atoms with E-state index >= 15 is 0 Å². The third-order valence-electron chi connectivity index (χ3n) is 3.07. The lowest BCUT2D eigenvalue weighted by molar-refractivity contribution is -0.384. The summed E-state index contributed by atoms with van der Waals surface area (Å²) in [6.45, 7) is 0. The summed E-state index contributed by atoms with van der Waals surface area (Å²) < 4.78 is -1.74. The van der Waals surface area contributed by atoms with Crippen LogP contribution in [0.3, 0.4) is 0 Å². The Morgan fingerprint density at radius 1 is 0.958 bits per heavy atom. The number of benzene rings is 2. The highest BCUT2D eigenvalue weighted by molar-refractivity contribution is 7.99. The molecule has 1 aromatic heterocycles. The van der Waals surface area contributed by atoms with E-state index in [1.165, 1.54) is 23.9 Å². The molecule has 0 bridgehead atoms. The number of halogens is 3. The third-order valence-corrected chi connectivity index (χ3v) is 4.59. The summed E-state index contributed by atoms with van der Waals surface area (Å²) in [5, 5.41) is 11.2. The maximum absolute atomic E-state index is 10.7. The fourth-order valence-corrected chi connectivity index (χ4v) is 3.49. The summed E-state index contributed by atoms with van der Waals surface area (Å²) in [5.74, 6) is 0. The van der Waals surface area contributed by atoms with Gasteiger partial charge in [0, 0.05) is 17.0 Å². The highest BCUT2D eigenvalue weighted by Gasteiger charge is 2.30. The molecule has 1 heterocycles. The molecular weight excluding hydrogens is 393 g/mol. The molecule has 24 heavy (non-hydrogen) atoms. The number of nitro benzene ring substituents is 1. The zero-order valence-corrected chi connectivity index (χ0v) is 14.9. The van der Waals surface area contributed by atoms with Gasteiger partial charge in [0.25, 0.3) is 5.69 Å². The molecule has 0 aliphatic rings. The van der Waals surface area contributed by atoms with Crippen LogP contribution < -0.4 is 0 Å². The number of fused-ring (bicyclic) bond motifs is 1. The monoisotopic (exact) mass is 399 g/mol. The molecule has 5 nitrogen and oxygen atoms in total. The largest absolute Gasteiger partial charge is 0.269 e. The Balaban J connectivity index is 2.05. The van der Waals surface area contributed by atoms with Crippen molar-refractivity contribution in [1.82, 2.24) is 9.97 Å². The normalized spacial score (nSPS) is 11.6. The number of non-ortho nitro benzene ring substituents is 1. The molecular formula is C15H8Cl3N3O2S. The molecule has 0 fully saturated rings. The fourth-order valence-electron chi connectivity index (χ4n) is 1.99. The van der Waals surface area contributed by atoms with E-state index in [0.717, 1.165) is 4.90 Å². The van der Waals surface area contributed by atoms with Crippen LogP contribution in [0.1, 0.15) is 5.69 Å². The second kappa shape index (κ2) is 6.72. The van der Waals surface area contributed by atoms with Gasteiger partial charge in [-0.1, -0.05) is 58.7 Å². The molecule has 0 saturated heterocycles. The third kappa shape index (κ3) is 3.72. The van der Waals surface area contributed by atoms with Crippen LogP contribution >= 0.6 is 46.6 Å². The van der Waals surface area contributed by atoms with Crippen molar-refractivity contribution in [2.75, 3.05) is 0 Å². The summed E-state index contributed by atoms with van der Waals surface area (Å²) in [7, 11) is 0. The molecule has 0 N–H and O–H groups in total. The van der Waals surface area contributed by atoms with Crippen LogP contribution in [-0.4, -0.2) is 14.9 Å². The molecule has 0 atom stereocenters. The summed E-state index contributed by atoms with van der Waals surface area (Å²) in [5.41, 5.74) is 1.51. The molecule has 122 valence electrons. The van der Waals surface area contributed by atoms with Gasteiger partial charge in [-0.2, -0.15) is 0 Å². The van der Waals surface area contributed by atoms with Gasteiger partial charge in [-0.05, 0) is 24.3 Å². The zero-order chi connectivity index (χ0) is 17.3. The predicted octanol–water partition coefficient (Wildman–Crippen LogP) is 5.52. The molecule has 0 saturated carbocycles. The first-order valence-corrected chi connectivity index (χ1v) is 8.56. The summed E-state index contributed by atoms with van der Waals surface area (Å²) >= 11 is 19.3. The lowest BCUT2D eigenvalue weighted by Crippen LogP contribution is -2.08. The second-order valence-corrected chi connectivity index (χ2v) is 8.06. The molecule has 0 aliphatic carbocycles. The number of hydrogen-bond donors (Lipinski definition) is 0.